The van der Waals surface area contributed by atoms with Crippen molar-refractivity contribution in [1.82, 2.24) is 9.97 Å². The highest BCUT2D eigenvalue weighted by Crippen LogP contribution is 2.23. The normalized spacial score (nSPS) is 10.7. The number of nitrogens with zero attached hydrogens (tertiary/aromatic N) is 1. The van der Waals surface area contributed by atoms with E-state index in [0.29, 0.717) is 6.42 Å². The minimum atomic E-state index is 0.425. The Morgan fingerprint density at radius 3 is 3.07 bits per heavy atom. The molecule has 0 unspecified atom stereocenters. The number of aryl methyl sites for hydroxylation is 1. The van der Waals surface area contributed by atoms with Crippen LogP contribution in [0.4, 0.5) is 0 Å². The molecule has 4 heteroatoms. The van der Waals surface area contributed by atoms with E-state index in [1.807, 2.05) is 19.1 Å². The molecule has 1 aromatic heterocycles. The average molecular weight is 253 g/mol. The number of aromatic nitrogens is 2. The van der Waals surface area contributed by atoms with Gasteiger partial charge in [-0.05, 0) is 24.6 Å². The molecule has 1 aromatic carbocycles. The van der Waals surface area contributed by atoms with Crippen molar-refractivity contribution < 1.29 is 4.79 Å². The number of carbonyl (C=O) groups excluding carboxylic acids is 1. The van der Waals surface area contributed by atoms with Gasteiger partial charge in [0.15, 0.2) is 0 Å². The van der Waals surface area contributed by atoms with Crippen molar-refractivity contribution in [3.63, 3.8) is 0 Å². The first kappa shape index (κ1) is 9.40. The highest BCUT2D eigenvalue weighted by atomic mass is 79.9. The highest BCUT2D eigenvalue weighted by Gasteiger charge is 2.05. The van der Waals surface area contributed by atoms with Gasteiger partial charge in [0.2, 0.25) is 0 Å². The summed E-state index contributed by atoms with van der Waals surface area (Å²) in [4.78, 5) is 17.9. The molecular formula is C10H9BrN2O. The number of hydrogen-bond donors (Lipinski definition) is 1. The summed E-state index contributed by atoms with van der Waals surface area (Å²) in [7, 11) is 0. The summed E-state index contributed by atoms with van der Waals surface area (Å²) in [5.74, 6) is 0.884. The molecule has 2 rings (SSSR count). The van der Waals surface area contributed by atoms with E-state index in [-0.39, 0.29) is 0 Å². The second-order valence-electron chi connectivity index (χ2n) is 3.15. The molecule has 3 nitrogen and oxygen atoms in total. The number of hydrogen-bond acceptors (Lipinski definition) is 2. The van der Waals surface area contributed by atoms with Gasteiger partial charge in [-0.3, -0.25) is 0 Å². The largest absolute Gasteiger partial charge is 0.342 e. The first-order chi connectivity index (χ1) is 6.70. The molecule has 0 aliphatic heterocycles. The van der Waals surface area contributed by atoms with Gasteiger partial charge >= 0.3 is 0 Å². The van der Waals surface area contributed by atoms with Gasteiger partial charge in [0.1, 0.15) is 12.1 Å². The summed E-state index contributed by atoms with van der Waals surface area (Å²) in [5, 5.41) is 0. The maximum atomic E-state index is 10.4. The molecule has 0 aliphatic carbocycles. The quantitative estimate of drug-likeness (QED) is 0.835. The van der Waals surface area contributed by atoms with Crippen LogP contribution in [0.1, 0.15) is 11.4 Å². The Kier molecular flexibility index (Phi) is 2.37. The van der Waals surface area contributed by atoms with Crippen LogP contribution in [0.15, 0.2) is 16.6 Å². The smallest absolute Gasteiger partial charge is 0.124 e. The molecule has 0 atom stereocenters. The van der Waals surface area contributed by atoms with Gasteiger partial charge in [-0.2, -0.15) is 0 Å². The lowest BCUT2D eigenvalue weighted by molar-refractivity contribution is -0.107. The third-order valence-electron chi connectivity index (χ3n) is 2.07. The number of imidazole rings is 1. The maximum Gasteiger partial charge on any atom is 0.124 e. The molecule has 1 N–H and O–H groups in total. The fraction of sp³-hybridized carbons (Fsp3) is 0.200. The van der Waals surface area contributed by atoms with Crippen LogP contribution in [0.3, 0.4) is 0 Å². The van der Waals surface area contributed by atoms with Crippen LogP contribution in [0.5, 0.6) is 0 Å². The highest BCUT2D eigenvalue weighted by molar-refractivity contribution is 9.10. The second-order valence-corrected chi connectivity index (χ2v) is 4.01. The third kappa shape index (κ3) is 1.57. The zero-order chi connectivity index (χ0) is 10.1. The van der Waals surface area contributed by atoms with Crippen LogP contribution in [-0.2, 0) is 11.2 Å². The summed E-state index contributed by atoms with van der Waals surface area (Å²) >= 11 is 3.41. The Labute approximate surface area is 89.7 Å². The van der Waals surface area contributed by atoms with E-state index in [9.17, 15) is 4.79 Å². The first-order valence-corrected chi connectivity index (χ1v) is 5.08. The molecule has 1 heterocycles. The summed E-state index contributed by atoms with van der Waals surface area (Å²) in [6.07, 6.45) is 1.32. The van der Waals surface area contributed by atoms with Crippen LogP contribution in [-0.4, -0.2) is 16.3 Å². The molecule has 2 aromatic rings. The molecule has 0 saturated carbocycles. The molecule has 14 heavy (non-hydrogen) atoms. The van der Waals surface area contributed by atoms with Crippen LogP contribution in [0.2, 0.25) is 0 Å². The minimum absolute atomic E-state index is 0.425. The topological polar surface area (TPSA) is 45.8 Å². The van der Waals surface area contributed by atoms with Crippen LogP contribution in [0, 0.1) is 6.92 Å². The van der Waals surface area contributed by atoms with E-state index in [1.165, 1.54) is 0 Å². The van der Waals surface area contributed by atoms with Gasteiger partial charge in [-0.15, -0.1) is 0 Å². The number of H-pyrrole nitrogens is 1. The van der Waals surface area contributed by atoms with Gasteiger partial charge in [0.25, 0.3) is 0 Å². The number of halogens is 1. The van der Waals surface area contributed by atoms with Gasteiger partial charge in [0, 0.05) is 10.9 Å². The van der Waals surface area contributed by atoms with Crippen molar-refractivity contribution in [2.45, 2.75) is 13.3 Å². The maximum absolute atomic E-state index is 10.4. The summed E-state index contributed by atoms with van der Waals surface area (Å²) < 4.78 is 0.934. The fourth-order valence-corrected chi connectivity index (χ4v) is 1.94. The minimum Gasteiger partial charge on any atom is -0.342 e. The van der Waals surface area contributed by atoms with Crippen LogP contribution in [0.25, 0.3) is 11.0 Å². The van der Waals surface area contributed by atoms with Crippen molar-refractivity contribution in [2.75, 3.05) is 0 Å². The van der Waals surface area contributed by atoms with E-state index in [4.69, 9.17) is 0 Å². The Balaban J connectivity index is 2.63. The zero-order valence-electron chi connectivity index (χ0n) is 7.67. The molecular weight excluding hydrogens is 244 g/mol. The molecule has 72 valence electrons. The lowest BCUT2D eigenvalue weighted by Gasteiger charge is -1.99. The van der Waals surface area contributed by atoms with Crippen molar-refractivity contribution in [2.24, 2.45) is 0 Å². The Bertz CT molecular complexity index is 490. The predicted molar refractivity (Wildman–Crippen MR) is 58.3 cm³/mol. The number of aldehydes is 1. The van der Waals surface area contributed by atoms with Crippen molar-refractivity contribution >= 4 is 33.2 Å². The summed E-state index contributed by atoms with van der Waals surface area (Å²) in [6, 6.07) is 3.88. The molecule has 0 fully saturated rings. The van der Waals surface area contributed by atoms with E-state index in [2.05, 4.69) is 25.9 Å². The lowest BCUT2D eigenvalue weighted by Crippen LogP contribution is -1.87. The SMILES string of the molecule is Cc1nc2cc(Br)c(CC=O)cc2[nH]1. The predicted octanol–water partition coefficient (Wildman–Crippen LogP) is 2.38. The van der Waals surface area contributed by atoms with Crippen LogP contribution >= 0.6 is 15.9 Å². The van der Waals surface area contributed by atoms with Gasteiger partial charge < -0.3 is 9.78 Å². The number of carbonyl (C=O) groups is 1. The van der Waals surface area contributed by atoms with E-state index in [0.717, 1.165) is 33.2 Å². The first-order valence-electron chi connectivity index (χ1n) is 4.29. The Morgan fingerprint density at radius 1 is 1.57 bits per heavy atom. The standard InChI is InChI=1S/C10H9BrN2O/c1-6-12-9-4-7(2-3-14)8(11)5-10(9)13-6/h3-5H,2H2,1H3,(H,12,13). The molecule has 0 bridgehead atoms. The zero-order valence-corrected chi connectivity index (χ0v) is 9.26. The number of aromatic amines is 1. The number of nitrogens with one attached hydrogen (secondary N) is 1. The Morgan fingerprint density at radius 2 is 2.36 bits per heavy atom. The fourth-order valence-electron chi connectivity index (χ4n) is 1.45. The summed E-state index contributed by atoms with van der Waals surface area (Å²) in [5.41, 5.74) is 2.88. The molecule has 0 amide bonds. The van der Waals surface area contributed by atoms with E-state index in [1.54, 1.807) is 0 Å². The van der Waals surface area contributed by atoms with Gasteiger partial charge in [0.05, 0.1) is 11.0 Å². The van der Waals surface area contributed by atoms with E-state index < -0.39 is 0 Å². The average Bonchev–Trinajstić information content (AvgIpc) is 2.45. The lowest BCUT2D eigenvalue weighted by atomic mass is 10.1. The number of benzene rings is 1. The molecule has 0 saturated heterocycles. The van der Waals surface area contributed by atoms with Crippen molar-refractivity contribution in [3.8, 4) is 0 Å². The Hall–Kier alpha value is -1.16. The van der Waals surface area contributed by atoms with Gasteiger partial charge in [-0.25, -0.2) is 4.98 Å². The number of rotatable bonds is 2. The van der Waals surface area contributed by atoms with Crippen molar-refractivity contribution in [1.29, 1.82) is 0 Å². The third-order valence-corrected chi connectivity index (χ3v) is 2.81. The van der Waals surface area contributed by atoms with Gasteiger partial charge in [-0.1, -0.05) is 15.9 Å². The van der Waals surface area contributed by atoms with Crippen LogP contribution < -0.4 is 0 Å². The molecule has 0 radical (unpaired) electrons. The summed E-state index contributed by atoms with van der Waals surface area (Å²) in [6.45, 7) is 1.91. The molecule has 0 aliphatic rings. The van der Waals surface area contributed by atoms with E-state index >= 15 is 0 Å². The number of fused-ring (bicyclic) bond motifs is 1. The second kappa shape index (κ2) is 3.53. The monoisotopic (exact) mass is 252 g/mol. The van der Waals surface area contributed by atoms with Crippen molar-refractivity contribution in [3.05, 3.63) is 28.0 Å². The molecule has 0 spiro atoms.